The van der Waals surface area contributed by atoms with Crippen molar-refractivity contribution in [1.29, 1.82) is 0 Å². The Balaban J connectivity index is 1.10. The van der Waals surface area contributed by atoms with Crippen molar-refractivity contribution in [1.82, 2.24) is 24.8 Å². The number of pyridine rings is 1. The Labute approximate surface area is 248 Å². The van der Waals surface area contributed by atoms with Crippen molar-refractivity contribution in [3.63, 3.8) is 0 Å². The predicted molar refractivity (Wildman–Crippen MR) is 164 cm³/mol. The summed E-state index contributed by atoms with van der Waals surface area (Å²) >= 11 is 1.58. The maximum Gasteiger partial charge on any atom is 0.410 e. The molecule has 2 fully saturated rings. The second-order valence-electron chi connectivity index (χ2n) is 11.7. The summed E-state index contributed by atoms with van der Waals surface area (Å²) in [6, 6.07) is 9.95. The Hall–Kier alpha value is -4.06. The van der Waals surface area contributed by atoms with Crippen molar-refractivity contribution in [2.45, 2.75) is 58.1 Å². The first kappa shape index (κ1) is 28.1. The highest BCUT2D eigenvalue weighted by Gasteiger charge is 2.26. The molecule has 1 aliphatic heterocycles. The molecule has 0 atom stereocenters. The van der Waals surface area contributed by atoms with Gasteiger partial charge in [-0.3, -0.25) is 0 Å². The molecule has 0 unspecified atom stereocenters. The summed E-state index contributed by atoms with van der Waals surface area (Å²) in [7, 11) is 0. The zero-order chi connectivity index (χ0) is 29.3. The molecule has 1 saturated carbocycles. The Bertz CT molecular complexity index is 1560. The van der Waals surface area contributed by atoms with Crippen LogP contribution >= 0.6 is 11.3 Å². The van der Waals surface area contributed by atoms with Gasteiger partial charge >= 0.3 is 6.09 Å². The van der Waals surface area contributed by atoms with E-state index in [1.54, 1.807) is 22.4 Å². The van der Waals surface area contributed by atoms with Gasteiger partial charge in [0.25, 0.3) is 0 Å². The summed E-state index contributed by atoms with van der Waals surface area (Å²) in [4.78, 5) is 34.1. The molecule has 1 aromatic carbocycles. The number of hydrogen-bond donors (Lipinski definition) is 2. The molecule has 1 aliphatic carbocycles. The molecule has 4 heterocycles. The van der Waals surface area contributed by atoms with Gasteiger partial charge < -0.3 is 25.2 Å². The van der Waals surface area contributed by atoms with Gasteiger partial charge in [0.2, 0.25) is 5.95 Å². The first-order valence-electron chi connectivity index (χ1n) is 14.4. The van der Waals surface area contributed by atoms with Gasteiger partial charge in [0.1, 0.15) is 17.1 Å². The standard InChI is InChI=1S/C30H35FN8O2S/c1-30(2,3)41-29(40)39-14-12-38(13-15-39)21-9-11-25(32-17-21)36-27-33-18-22(31)26(37-27)19-8-10-23-24(16-19)42-28(35-23)34-20-6-4-5-7-20/h8-11,16-18,20H,4-7,12-15H2,1-3H3,(H,34,35)(H,32,33,36,37). The summed E-state index contributed by atoms with van der Waals surface area (Å²) in [5.41, 5.74) is 2.20. The van der Waals surface area contributed by atoms with E-state index in [4.69, 9.17) is 9.72 Å². The molecule has 0 radical (unpaired) electrons. The van der Waals surface area contributed by atoms with E-state index in [1.165, 1.54) is 31.9 Å². The number of piperazine rings is 1. The normalized spacial score (nSPS) is 16.2. The van der Waals surface area contributed by atoms with Gasteiger partial charge in [0.05, 0.1) is 28.3 Å². The number of aromatic nitrogens is 4. The third-order valence-electron chi connectivity index (χ3n) is 7.37. The topological polar surface area (TPSA) is 108 Å². The number of halogens is 1. The fourth-order valence-electron chi connectivity index (χ4n) is 5.24. The van der Waals surface area contributed by atoms with Gasteiger partial charge in [-0.15, -0.1) is 0 Å². The van der Waals surface area contributed by atoms with Gasteiger partial charge in [-0.2, -0.15) is 0 Å². The van der Waals surface area contributed by atoms with Crippen LogP contribution in [-0.4, -0.2) is 68.8 Å². The number of thiazole rings is 1. The number of ether oxygens (including phenoxy) is 1. The Kier molecular flexibility index (Phi) is 7.80. The molecule has 0 spiro atoms. The number of carbonyl (C=O) groups excluding carboxylic acids is 1. The molecule has 1 amide bonds. The lowest BCUT2D eigenvalue weighted by Crippen LogP contribution is -2.50. The Morgan fingerprint density at radius 3 is 2.52 bits per heavy atom. The van der Waals surface area contributed by atoms with Gasteiger partial charge in [-0.05, 0) is 57.9 Å². The summed E-state index contributed by atoms with van der Waals surface area (Å²) in [5.74, 6) is 0.303. The second-order valence-corrected chi connectivity index (χ2v) is 12.7. The number of benzene rings is 1. The predicted octanol–water partition coefficient (Wildman–Crippen LogP) is 6.44. The molecular weight excluding hydrogens is 555 g/mol. The highest BCUT2D eigenvalue weighted by atomic mass is 32.1. The molecule has 2 N–H and O–H groups in total. The average molecular weight is 591 g/mol. The first-order chi connectivity index (χ1) is 20.2. The van der Waals surface area contributed by atoms with E-state index in [0.29, 0.717) is 43.6 Å². The molecule has 0 bridgehead atoms. The minimum absolute atomic E-state index is 0.215. The summed E-state index contributed by atoms with van der Waals surface area (Å²) in [5, 5.41) is 7.53. The summed E-state index contributed by atoms with van der Waals surface area (Å²) in [6.07, 6.45) is 7.51. The van der Waals surface area contributed by atoms with Gasteiger partial charge in [0, 0.05) is 37.8 Å². The lowest BCUT2D eigenvalue weighted by molar-refractivity contribution is 0.0240. The summed E-state index contributed by atoms with van der Waals surface area (Å²) in [6.45, 7) is 8.12. The molecule has 1 saturated heterocycles. The van der Waals surface area contributed by atoms with Crippen LogP contribution in [0, 0.1) is 5.82 Å². The Morgan fingerprint density at radius 2 is 1.81 bits per heavy atom. The van der Waals surface area contributed by atoms with Crippen molar-refractivity contribution in [3.8, 4) is 11.3 Å². The molecular formula is C30H35FN8O2S. The quantitative estimate of drug-likeness (QED) is 0.262. The third-order valence-corrected chi connectivity index (χ3v) is 8.32. The van der Waals surface area contributed by atoms with E-state index in [1.807, 2.05) is 51.1 Å². The molecule has 12 heteroatoms. The van der Waals surface area contributed by atoms with Crippen LogP contribution in [0.5, 0.6) is 0 Å². The van der Waals surface area contributed by atoms with Crippen LogP contribution < -0.4 is 15.5 Å². The smallest absolute Gasteiger partial charge is 0.410 e. The number of rotatable bonds is 6. The van der Waals surface area contributed by atoms with E-state index < -0.39 is 11.4 Å². The van der Waals surface area contributed by atoms with E-state index in [9.17, 15) is 9.18 Å². The number of fused-ring (bicyclic) bond motifs is 1. The molecule has 3 aromatic heterocycles. The molecule has 4 aromatic rings. The van der Waals surface area contributed by atoms with E-state index >= 15 is 0 Å². The number of hydrogen-bond acceptors (Lipinski definition) is 10. The number of amides is 1. The monoisotopic (exact) mass is 590 g/mol. The lowest BCUT2D eigenvalue weighted by atomic mass is 10.1. The van der Waals surface area contributed by atoms with Gasteiger partial charge in [-0.25, -0.2) is 29.1 Å². The fourth-order valence-corrected chi connectivity index (χ4v) is 6.23. The van der Waals surface area contributed by atoms with E-state index in [-0.39, 0.29) is 17.7 Å². The number of anilines is 4. The largest absolute Gasteiger partial charge is 0.444 e. The Morgan fingerprint density at radius 1 is 1.02 bits per heavy atom. The lowest BCUT2D eigenvalue weighted by Gasteiger charge is -2.36. The van der Waals surface area contributed by atoms with Gasteiger partial charge in [0.15, 0.2) is 10.9 Å². The third kappa shape index (κ3) is 6.53. The number of nitrogens with one attached hydrogen (secondary N) is 2. The zero-order valence-corrected chi connectivity index (χ0v) is 24.9. The first-order valence-corrected chi connectivity index (χ1v) is 15.2. The van der Waals surface area contributed by atoms with Crippen LogP contribution in [0.1, 0.15) is 46.5 Å². The maximum atomic E-state index is 14.9. The van der Waals surface area contributed by atoms with Crippen molar-refractivity contribution in [3.05, 3.63) is 48.5 Å². The van der Waals surface area contributed by atoms with Crippen molar-refractivity contribution in [2.75, 3.05) is 41.7 Å². The van der Waals surface area contributed by atoms with Crippen LogP contribution in [0.25, 0.3) is 21.5 Å². The van der Waals surface area contributed by atoms with Crippen LogP contribution in [-0.2, 0) is 4.74 Å². The summed E-state index contributed by atoms with van der Waals surface area (Å²) < 4.78 is 21.3. The molecule has 6 rings (SSSR count). The van der Waals surface area contributed by atoms with Crippen LogP contribution in [0.15, 0.2) is 42.7 Å². The van der Waals surface area contributed by atoms with Gasteiger partial charge in [-0.1, -0.05) is 30.2 Å². The minimum Gasteiger partial charge on any atom is -0.444 e. The molecule has 2 aliphatic rings. The highest BCUT2D eigenvalue weighted by molar-refractivity contribution is 7.22. The van der Waals surface area contributed by atoms with Crippen molar-refractivity contribution in [2.24, 2.45) is 0 Å². The highest BCUT2D eigenvalue weighted by Crippen LogP contribution is 2.33. The van der Waals surface area contributed by atoms with E-state index in [2.05, 4.69) is 30.5 Å². The van der Waals surface area contributed by atoms with Crippen LogP contribution in [0.2, 0.25) is 0 Å². The SMILES string of the molecule is CC(C)(C)OC(=O)N1CCN(c2ccc(Nc3ncc(F)c(-c4ccc5nc(NC6CCCC6)sc5c4)n3)nc2)CC1. The maximum absolute atomic E-state index is 14.9. The van der Waals surface area contributed by atoms with Crippen molar-refractivity contribution >= 4 is 50.2 Å². The molecule has 42 heavy (non-hydrogen) atoms. The average Bonchev–Trinajstić information content (AvgIpc) is 3.63. The molecule has 10 nitrogen and oxygen atoms in total. The van der Waals surface area contributed by atoms with E-state index in [0.717, 1.165) is 21.0 Å². The number of nitrogens with zero attached hydrogens (tertiary/aromatic N) is 6. The number of carbonyl (C=O) groups is 1. The van der Waals surface area contributed by atoms with Crippen molar-refractivity contribution < 1.29 is 13.9 Å². The second kappa shape index (κ2) is 11.7. The van der Waals surface area contributed by atoms with Crippen LogP contribution in [0.3, 0.4) is 0 Å². The van der Waals surface area contributed by atoms with Crippen LogP contribution in [0.4, 0.5) is 31.8 Å². The zero-order valence-electron chi connectivity index (χ0n) is 24.1. The fraction of sp³-hybridized carbons (Fsp3) is 0.433. The minimum atomic E-state index is -0.513. The molecule has 220 valence electrons.